The lowest BCUT2D eigenvalue weighted by molar-refractivity contribution is 0.0941. The summed E-state index contributed by atoms with van der Waals surface area (Å²) in [6.45, 7) is 1.18. The van der Waals surface area contributed by atoms with Crippen LogP contribution in [0.5, 0.6) is 0 Å². The van der Waals surface area contributed by atoms with Crippen LogP contribution in [-0.4, -0.2) is 42.5 Å². The quantitative estimate of drug-likeness (QED) is 0.664. The molecule has 3 aromatic rings. The molecule has 10 heteroatoms. The van der Waals surface area contributed by atoms with E-state index in [1.165, 1.54) is 16.4 Å². The monoisotopic (exact) mass is 360 g/mol. The van der Waals surface area contributed by atoms with Crippen molar-refractivity contribution in [3.05, 3.63) is 45.1 Å². The molecule has 0 saturated carbocycles. The van der Waals surface area contributed by atoms with Crippen LogP contribution in [-0.2, 0) is 17.2 Å². The Labute approximate surface area is 146 Å². The normalized spacial score (nSPS) is 17.4. The first kappa shape index (κ1) is 16.0. The molecule has 1 atom stereocenters. The minimum Gasteiger partial charge on any atom is -0.376 e. The molecule has 2 aromatic heterocycles. The number of benzene rings is 1. The van der Waals surface area contributed by atoms with E-state index in [1.54, 1.807) is 22.8 Å². The predicted molar refractivity (Wildman–Crippen MR) is 91.5 cm³/mol. The number of hydrogen-bond acceptors (Lipinski definition) is 7. The van der Waals surface area contributed by atoms with Crippen molar-refractivity contribution in [1.82, 2.24) is 29.8 Å². The van der Waals surface area contributed by atoms with Crippen LogP contribution in [0.2, 0.25) is 0 Å². The van der Waals surface area contributed by atoms with Crippen molar-refractivity contribution in [3.8, 4) is 0 Å². The first-order chi connectivity index (χ1) is 12.2. The Hall–Kier alpha value is -2.46. The highest BCUT2D eigenvalue weighted by Crippen LogP contribution is 2.18. The summed E-state index contributed by atoms with van der Waals surface area (Å²) in [7, 11) is 0. The van der Waals surface area contributed by atoms with Gasteiger partial charge in [-0.05, 0) is 25.0 Å². The number of nitrogens with zero attached hydrogens (tertiary/aromatic N) is 5. The van der Waals surface area contributed by atoms with Gasteiger partial charge in [0.1, 0.15) is 5.52 Å². The number of aromatic nitrogens is 6. The second kappa shape index (κ2) is 6.81. The van der Waals surface area contributed by atoms with Crippen LogP contribution in [0, 0.1) is 0 Å². The van der Waals surface area contributed by atoms with E-state index in [2.05, 4.69) is 20.5 Å². The summed E-state index contributed by atoms with van der Waals surface area (Å²) in [5.74, 6) is 0.215. The molecule has 1 aliphatic rings. The maximum atomic E-state index is 12.4. The Morgan fingerprint density at radius 3 is 3.04 bits per heavy atom. The van der Waals surface area contributed by atoms with Gasteiger partial charge in [0.15, 0.2) is 5.16 Å². The molecular weight excluding hydrogens is 344 g/mol. The summed E-state index contributed by atoms with van der Waals surface area (Å²) in [6, 6.07) is 7.06. The van der Waals surface area contributed by atoms with Crippen LogP contribution < -0.4 is 11.2 Å². The third-order valence-corrected chi connectivity index (χ3v) is 5.02. The van der Waals surface area contributed by atoms with Gasteiger partial charge in [0.05, 0.1) is 23.9 Å². The van der Waals surface area contributed by atoms with E-state index < -0.39 is 0 Å². The van der Waals surface area contributed by atoms with Crippen molar-refractivity contribution in [3.63, 3.8) is 0 Å². The van der Waals surface area contributed by atoms with Crippen LogP contribution in [0.1, 0.15) is 12.8 Å². The lowest BCUT2D eigenvalue weighted by Crippen LogP contribution is -2.26. The van der Waals surface area contributed by atoms with Crippen LogP contribution in [0.25, 0.3) is 10.9 Å². The lowest BCUT2D eigenvalue weighted by Gasteiger charge is -2.11. The fourth-order valence-corrected chi connectivity index (χ4v) is 3.62. The Morgan fingerprint density at radius 2 is 2.20 bits per heavy atom. The Balaban J connectivity index is 1.55. The summed E-state index contributed by atoms with van der Waals surface area (Å²) < 4.78 is 8.39. The van der Waals surface area contributed by atoms with E-state index in [0.717, 1.165) is 19.4 Å². The average Bonchev–Trinajstić information content (AvgIpc) is 3.26. The number of nitrogens with one attached hydrogen (secondary N) is 1. The van der Waals surface area contributed by atoms with Gasteiger partial charge in [0.25, 0.3) is 5.56 Å². The van der Waals surface area contributed by atoms with Gasteiger partial charge in [0.2, 0.25) is 0 Å². The first-order valence-electron chi connectivity index (χ1n) is 7.94. The average molecular weight is 360 g/mol. The fraction of sp³-hybridized carbons (Fsp3) is 0.400. The van der Waals surface area contributed by atoms with Crippen LogP contribution >= 0.6 is 11.8 Å². The number of rotatable bonds is 5. The molecule has 4 rings (SSSR count). The van der Waals surface area contributed by atoms with E-state index >= 15 is 0 Å². The third kappa shape index (κ3) is 3.22. The minimum atomic E-state index is -0.282. The van der Waals surface area contributed by atoms with Gasteiger partial charge in [0, 0.05) is 6.61 Å². The first-order valence-corrected chi connectivity index (χ1v) is 8.93. The number of fused-ring (bicyclic) bond motifs is 1. The van der Waals surface area contributed by atoms with Gasteiger partial charge in [-0.2, -0.15) is 4.68 Å². The highest BCUT2D eigenvalue weighted by Gasteiger charge is 2.20. The van der Waals surface area contributed by atoms with Gasteiger partial charge < -0.3 is 4.74 Å². The third-order valence-electron chi connectivity index (χ3n) is 4.08. The van der Waals surface area contributed by atoms with Gasteiger partial charge in [-0.3, -0.25) is 9.36 Å². The fourth-order valence-electron chi connectivity index (χ4n) is 2.79. The van der Waals surface area contributed by atoms with Crippen LogP contribution in [0.15, 0.2) is 39.0 Å². The molecule has 0 amide bonds. The van der Waals surface area contributed by atoms with E-state index in [1.807, 2.05) is 6.07 Å². The maximum absolute atomic E-state index is 12.4. The van der Waals surface area contributed by atoms with Crippen molar-refractivity contribution >= 4 is 22.7 Å². The van der Waals surface area contributed by atoms with Crippen LogP contribution in [0.3, 0.4) is 0 Å². The zero-order valence-corrected chi connectivity index (χ0v) is 14.1. The maximum Gasteiger partial charge on any atom is 0.344 e. The molecule has 0 bridgehead atoms. The van der Waals surface area contributed by atoms with E-state index in [-0.39, 0.29) is 23.2 Å². The number of aromatic amines is 1. The molecule has 25 heavy (non-hydrogen) atoms. The Kier molecular flexibility index (Phi) is 4.36. The Bertz CT molecular complexity index is 1000. The van der Waals surface area contributed by atoms with Crippen LogP contribution in [0.4, 0.5) is 0 Å². The topological polar surface area (TPSA) is 108 Å². The SMILES string of the molecule is O=c1c2ccccc2nnn1CSc1n[nH]c(=O)n1C[C@H]1CCCO1. The molecule has 1 N–H and O–H groups in total. The molecular formula is C15H16N6O3S. The largest absolute Gasteiger partial charge is 0.376 e. The number of thioether (sulfide) groups is 1. The zero-order valence-electron chi connectivity index (χ0n) is 13.3. The zero-order chi connectivity index (χ0) is 17.2. The Morgan fingerprint density at radius 1 is 1.32 bits per heavy atom. The summed E-state index contributed by atoms with van der Waals surface area (Å²) in [4.78, 5) is 24.4. The summed E-state index contributed by atoms with van der Waals surface area (Å²) >= 11 is 1.25. The van der Waals surface area contributed by atoms with E-state index in [9.17, 15) is 9.59 Å². The molecule has 0 radical (unpaired) electrons. The molecule has 1 fully saturated rings. The molecule has 3 heterocycles. The molecule has 0 spiro atoms. The summed E-state index contributed by atoms with van der Waals surface area (Å²) in [5.41, 5.74) is 0.0559. The van der Waals surface area contributed by atoms with Crippen molar-refractivity contribution in [1.29, 1.82) is 0 Å². The van der Waals surface area contributed by atoms with Crippen molar-refractivity contribution in [2.75, 3.05) is 6.61 Å². The summed E-state index contributed by atoms with van der Waals surface area (Å²) in [6.07, 6.45) is 1.96. The number of H-pyrrole nitrogens is 1. The molecule has 1 aromatic carbocycles. The van der Waals surface area contributed by atoms with Gasteiger partial charge in [-0.1, -0.05) is 29.1 Å². The second-order valence-corrected chi connectivity index (χ2v) is 6.65. The smallest absolute Gasteiger partial charge is 0.344 e. The molecule has 0 aliphatic carbocycles. The van der Waals surface area contributed by atoms with Crippen molar-refractivity contribution < 1.29 is 4.74 Å². The molecule has 1 saturated heterocycles. The molecule has 1 aliphatic heterocycles. The van der Waals surface area contributed by atoms with E-state index in [0.29, 0.717) is 22.6 Å². The highest BCUT2D eigenvalue weighted by atomic mass is 32.2. The standard InChI is InChI=1S/C15H16N6O3S/c22-13-11-5-1-2-6-12(11)16-19-21(13)9-25-15-18-17-14(23)20(15)8-10-4-3-7-24-10/h1-2,5-6,10H,3-4,7-9H2,(H,17,23)/t10-/m1/s1. The van der Waals surface area contributed by atoms with Crippen molar-refractivity contribution in [2.45, 2.75) is 36.5 Å². The predicted octanol–water partition coefficient (Wildman–Crippen LogP) is 0.605. The van der Waals surface area contributed by atoms with E-state index in [4.69, 9.17) is 4.74 Å². The van der Waals surface area contributed by atoms with Crippen molar-refractivity contribution in [2.24, 2.45) is 0 Å². The van der Waals surface area contributed by atoms with Gasteiger partial charge in [-0.25, -0.2) is 9.89 Å². The van der Waals surface area contributed by atoms with Gasteiger partial charge in [-0.15, -0.1) is 10.2 Å². The summed E-state index contributed by atoms with van der Waals surface area (Å²) in [5, 5.41) is 15.5. The molecule has 9 nitrogen and oxygen atoms in total. The number of ether oxygens (including phenoxy) is 1. The van der Waals surface area contributed by atoms with Gasteiger partial charge >= 0.3 is 5.69 Å². The molecule has 0 unspecified atom stereocenters. The lowest BCUT2D eigenvalue weighted by atomic mass is 10.2. The molecule has 130 valence electrons. The highest BCUT2D eigenvalue weighted by molar-refractivity contribution is 7.98. The number of hydrogen-bond donors (Lipinski definition) is 1. The minimum absolute atomic E-state index is 0.0258. The second-order valence-electron chi connectivity index (χ2n) is 5.74.